The Morgan fingerprint density at radius 1 is 0.912 bits per heavy atom. The lowest BCUT2D eigenvalue weighted by molar-refractivity contribution is -0.140. The molecule has 0 saturated heterocycles. The van der Waals surface area contributed by atoms with Gasteiger partial charge in [0.1, 0.15) is 17.6 Å². The van der Waals surface area contributed by atoms with E-state index in [0.29, 0.717) is 18.7 Å². The molecule has 3 rings (SSSR count). The minimum atomic E-state index is -0.704. The highest BCUT2D eigenvalue weighted by atomic mass is 19.1. The van der Waals surface area contributed by atoms with Gasteiger partial charge in [-0.15, -0.1) is 0 Å². The number of carbonyl (C=O) groups is 2. The van der Waals surface area contributed by atoms with E-state index in [0.717, 1.165) is 23.1 Å². The molecule has 0 radical (unpaired) electrons. The first-order valence-corrected chi connectivity index (χ1v) is 11.5. The average Bonchev–Trinajstić information content (AvgIpc) is 2.86. The van der Waals surface area contributed by atoms with Gasteiger partial charge in [0, 0.05) is 19.5 Å². The maximum absolute atomic E-state index is 13.6. The van der Waals surface area contributed by atoms with E-state index in [9.17, 15) is 14.0 Å². The van der Waals surface area contributed by atoms with Gasteiger partial charge in [0.05, 0.1) is 13.5 Å². The first kappa shape index (κ1) is 25.0. The molecule has 0 aliphatic carbocycles. The van der Waals surface area contributed by atoms with E-state index in [-0.39, 0.29) is 30.6 Å². The van der Waals surface area contributed by atoms with Crippen LogP contribution in [0.5, 0.6) is 5.75 Å². The summed E-state index contributed by atoms with van der Waals surface area (Å²) in [6.45, 7) is 2.71. The lowest BCUT2D eigenvalue weighted by atomic mass is 10.0. The van der Waals surface area contributed by atoms with E-state index in [1.165, 1.54) is 12.1 Å². The van der Waals surface area contributed by atoms with Crippen molar-refractivity contribution >= 4 is 11.8 Å². The molecule has 0 heterocycles. The molecule has 0 aliphatic heterocycles. The third-order valence-electron chi connectivity index (χ3n) is 5.60. The summed E-state index contributed by atoms with van der Waals surface area (Å²) in [5.41, 5.74) is 2.54. The normalized spacial score (nSPS) is 11.5. The molecule has 0 spiro atoms. The summed E-state index contributed by atoms with van der Waals surface area (Å²) in [6, 6.07) is 22.3. The Kier molecular flexibility index (Phi) is 9.21. The third-order valence-corrected chi connectivity index (χ3v) is 5.60. The Hall–Kier alpha value is -3.67. The molecule has 1 atom stereocenters. The summed E-state index contributed by atoms with van der Waals surface area (Å²) in [7, 11) is 1.59. The lowest BCUT2D eigenvalue weighted by Gasteiger charge is -2.31. The highest BCUT2D eigenvalue weighted by Crippen LogP contribution is 2.18. The number of nitrogens with zero attached hydrogens (tertiary/aromatic N) is 1. The van der Waals surface area contributed by atoms with Gasteiger partial charge in [-0.25, -0.2) is 4.39 Å². The summed E-state index contributed by atoms with van der Waals surface area (Å²) in [5.74, 6) is -0.0142. The fraction of sp³-hybridized carbons (Fsp3) is 0.286. The topological polar surface area (TPSA) is 58.6 Å². The second-order valence-electron chi connectivity index (χ2n) is 8.17. The van der Waals surface area contributed by atoms with Crippen molar-refractivity contribution in [1.82, 2.24) is 10.2 Å². The quantitative estimate of drug-likeness (QED) is 0.455. The van der Waals surface area contributed by atoms with E-state index in [1.54, 1.807) is 24.1 Å². The van der Waals surface area contributed by atoms with Gasteiger partial charge in [0.15, 0.2) is 0 Å². The largest absolute Gasteiger partial charge is 0.497 e. The minimum Gasteiger partial charge on any atom is -0.497 e. The second-order valence-corrected chi connectivity index (χ2v) is 8.17. The maximum atomic E-state index is 13.6. The lowest BCUT2D eigenvalue weighted by Crippen LogP contribution is -2.51. The van der Waals surface area contributed by atoms with Gasteiger partial charge in [-0.2, -0.15) is 0 Å². The van der Waals surface area contributed by atoms with Crippen molar-refractivity contribution < 1.29 is 18.7 Å². The van der Waals surface area contributed by atoms with Gasteiger partial charge in [0.25, 0.3) is 0 Å². The summed E-state index contributed by atoms with van der Waals surface area (Å²) in [4.78, 5) is 28.4. The van der Waals surface area contributed by atoms with Crippen LogP contribution in [0.15, 0.2) is 78.9 Å². The summed E-state index contributed by atoms with van der Waals surface area (Å²) in [6.07, 6.45) is 1.31. The van der Waals surface area contributed by atoms with Crippen LogP contribution in [-0.4, -0.2) is 36.4 Å². The molecule has 178 valence electrons. The predicted octanol–water partition coefficient (Wildman–Crippen LogP) is 4.54. The summed E-state index contributed by atoms with van der Waals surface area (Å²) >= 11 is 0. The van der Waals surface area contributed by atoms with Gasteiger partial charge in [0.2, 0.25) is 11.8 Å². The van der Waals surface area contributed by atoms with E-state index in [4.69, 9.17) is 4.74 Å². The van der Waals surface area contributed by atoms with Crippen molar-refractivity contribution in [3.63, 3.8) is 0 Å². The summed E-state index contributed by atoms with van der Waals surface area (Å²) in [5, 5.41) is 2.95. The highest BCUT2D eigenvalue weighted by molar-refractivity contribution is 5.88. The molecule has 1 N–H and O–H groups in total. The second kappa shape index (κ2) is 12.5. The van der Waals surface area contributed by atoms with Gasteiger partial charge in [-0.3, -0.25) is 9.59 Å². The van der Waals surface area contributed by atoms with Crippen LogP contribution in [-0.2, 0) is 29.0 Å². The van der Waals surface area contributed by atoms with Crippen LogP contribution in [0.2, 0.25) is 0 Å². The maximum Gasteiger partial charge on any atom is 0.243 e. The van der Waals surface area contributed by atoms with Crippen LogP contribution in [0.1, 0.15) is 30.0 Å². The number of rotatable bonds is 11. The molecule has 5 nitrogen and oxygen atoms in total. The molecule has 0 saturated carbocycles. The predicted molar refractivity (Wildman–Crippen MR) is 131 cm³/mol. The number of ether oxygens (including phenoxy) is 1. The molecular weight excluding hydrogens is 431 g/mol. The van der Waals surface area contributed by atoms with Crippen molar-refractivity contribution in [2.45, 2.75) is 38.8 Å². The number of hydrogen-bond donors (Lipinski definition) is 1. The number of benzene rings is 3. The number of hydrogen-bond acceptors (Lipinski definition) is 3. The molecule has 0 fully saturated rings. The van der Waals surface area contributed by atoms with Crippen LogP contribution in [0.4, 0.5) is 4.39 Å². The van der Waals surface area contributed by atoms with Crippen LogP contribution < -0.4 is 10.1 Å². The Labute approximate surface area is 200 Å². The zero-order valence-electron chi connectivity index (χ0n) is 19.7. The number of methoxy groups -OCH3 is 1. The number of halogens is 1. The van der Waals surface area contributed by atoms with E-state index in [1.807, 2.05) is 61.5 Å². The molecule has 3 aromatic carbocycles. The van der Waals surface area contributed by atoms with Crippen LogP contribution >= 0.6 is 0 Å². The van der Waals surface area contributed by atoms with Gasteiger partial charge in [-0.1, -0.05) is 61.5 Å². The molecule has 3 aromatic rings. The van der Waals surface area contributed by atoms with Crippen molar-refractivity contribution in [2.75, 3.05) is 13.7 Å². The zero-order valence-corrected chi connectivity index (χ0v) is 19.7. The fourth-order valence-corrected chi connectivity index (χ4v) is 3.73. The Morgan fingerprint density at radius 3 is 2.18 bits per heavy atom. The summed E-state index contributed by atoms with van der Waals surface area (Å²) < 4.78 is 18.7. The zero-order chi connectivity index (χ0) is 24.3. The minimum absolute atomic E-state index is 0.136. The van der Waals surface area contributed by atoms with Gasteiger partial charge in [-0.05, 0) is 47.4 Å². The van der Waals surface area contributed by atoms with Crippen molar-refractivity contribution in [1.29, 1.82) is 0 Å². The first-order chi connectivity index (χ1) is 16.5. The Morgan fingerprint density at radius 2 is 1.56 bits per heavy atom. The molecule has 34 heavy (non-hydrogen) atoms. The smallest absolute Gasteiger partial charge is 0.243 e. The standard InChI is InChI=1S/C28H31FN2O3/c1-3-17-30-28(33)26(18-21-7-5-4-6-8-21)31(20-23-9-13-24(29)14-10-23)27(32)19-22-11-15-25(34-2)16-12-22/h4-16,26H,3,17-20H2,1-2H3,(H,30,33)/t26-/m0/s1. The SMILES string of the molecule is CCCNC(=O)[C@H](Cc1ccccc1)N(Cc1ccc(F)cc1)C(=O)Cc1ccc(OC)cc1. The van der Waals surface area contributed by atoms with Crippen LogP contribution in [0.3, 0.4) is 0 Å². The van der Waals surface area contributed by atoms with Gasteiger partial charge >= 0.3 is 0 Å². The Balaban J connectivity index is 1.92. The number of carbonyl (C=O) groups excluding carboxylic acids is 2. The first-order valence-electron chi connectivity index (χ1n) is 11.5. The molecule has 2 amide bonds. The highest BCUT2D eigenvalue weighted by Gasteiger charge is 2.30. The third kappa shape index (κ3) is 7.17. The van der Waals surface area contributed by atoms with Crippen molar-refractivity contribution in [2.24, 2.45) is 0 Å². The monoisotopic (exact) mass is 462 g/mol. The van der Waals surface area contributed by atoms with E-state index in [2.05, 4.69) is 5.32 Å². The molecule has 0 aliphatic rings. The van der Waals surface area contributed by atoms with Gasteiger partial charge < -0.3 is 15.0 Å². The molecule has 0 bridgehead atoms. The molecule has 0 unspecified atom stereocenters. The molecule has 0 aromatic heterocycles. The van der Waals surface area contributed by atoms with Crippen molar-refractivity contribution in [3.8, 4) is 5.75 Å². The number of amides is 2. The molecular formula is C28H31FN2O3. The van der Waals surface area contributed by atoms with Crippen molar-refractivity contribution in [3.05, 3.63) is 101 Å². The van der Waals surface area contributed by atoms with E-state index < -0.39 is 6.04 Å². The number of nitrogens with one attached hydrogen (secondary N) is 1. The average molecular weight is 463 g/mol. The Bertz CT molecular complexity index is 1050. The molecule has 6 heteroatoms. The fourth-order valence-electron chi connectivity index (χ4n) is 3.73. The van der Waals surface area contributed by atoms with Crippen LogP contribution in [0.25, 0.3) is 0 Å². The van der Waals surface area contributed by atoms with E-state index >= 15 is 0 Å². The van der Waals surface area contributed by atoms with Crippen LogP contribution in [0, 0.1) is 5.82 Å².